The van der Waals surface area contributed by atoms with E-state index in [-0.39, 0.29) is 17.8 Å². The third-order valence-corrected chi connectivity index (χ3v) is 3.06. The number of urea groups is 1. The number of benzene rings is 1. The number of amides is 2. The van der Waals surface area contributed by atoms with Crippen LogP contribution in [0.5, 0.6) is 5.75 Å². The molecule has 2 amide bonds. The van der Waals surface area contributed by atoms with Gasteiger partial charge in [0.15, 0.2) is 0 Å². The number of aliphatic hydroxyl groups is 1. The van der Waals surface area contributed by atoms with Crippen LogP contribution in [-0.2, 0) is 0 Å². The van der Waals surface area contributed by atoms with Crippen LogP contribution in [-0.4, -0.2) is 30.9 Å². The Morgan fingerprint density at radius 2 is 2.14 bits per heavy atom. The van der Waals surface area contributed by atoms with E-state index in [2.05, 4.69) is 15.4 Å². The summed E-state index contributed by atoms with van der Waals surface area (Å²) in [5, 5.41) is 14.3. The average molecular weight is 316 g/mol. The molecule has 0 radical (unpaired) electrons. The van der Waals surface area contributed by atoms with E-state index in [4.69, 9.17) is 5.11 Å². The zero-order chi connectivity index (χ0) is 16.6. The molecule has 22 heavy (non-hydrogen) atoms. The molecule has 0 fully saturated rings. The fourth-order valence-corrected chi connectivity index (χ4v) is 1.77. The Hall–Kier alpha value is -1.89. The fourth-order valence-electron chi connectivity index (χ4n) is 1.77. The molecule has 0 aliphatic heterocycles. The summed E-state index contributed by atoms with van der Waals surface area (Å²) in [4.78, 5) is 11.7. The Morgan fingerprint density at radius 1 is 1.41 bits per heavy atom. The van der Waals surface area contributed by atoms with E-state index in [0.717, 1.165) is 12.8 Å². The topological polar surface area (TPSA) is 70.6 Å². The van der Waals surface area contributed by atoms with Gasteiger partial charge in [-0.1, -0.05) is 19.9 Å². The number of carbonyl (C=O) groups is 1. The number of carbonyl (C=O) groups excluding carboxylic acids is 1. The number of aliphatic hydroxyl groups excluding tert-OH is 1. The summed E-state index contributed by atoms with van der Waals surface area (Å²) < 4.78 is 28.5. The fraction of sp³-hybridized carbons (Fsp3) is 0.533. The van der Waals surface area contributed by atoms with Crippen LogP contribution in [0.1, 0.15) is 26.7 Å². The SMILES string of the molecule is CC(C)(CO)CCCNC(=O)Nc1cccc(OC(F)F)c1. The highest BCUT2D eigenvalue weighted by atomic mass is 19.3. The second kappa shape index (κ2) is 8.53. The lowest BCUT2D eigenvalue weighted by atomic mass is 9.89. The molecule has 0 aliphatic rings. The van der Waals surface area contributed by atoms with Gasteiger partial charge in [-0.15, -0.1) is 0 Å². The van der Waals surface area contributed by atoms with Gasteiger partial charge in [0, 0.05) is 24.9 Å². The van der Waals surface area contributed by atoms with E-state index in [1.54, 1.807) is 6.07 Å². The van der Waals surface area contributed by atoms with E-state index < -0.39 is 12.6 Å². The van der Waals surface area contributed by atoms with Crippen LogP contribution in [0.3, 0.4) is 0 Å². The Bertz CT molecular complexity index is 482. The second-order valence-electron chi connectivity index (χ2n) is 5.71. The van der Waals surface area contributed by atoms with E-state index in [0.29, 0.717) is 12.2 Å². The quantitative estimate of drug-likeness (QED) is 0.645. The molecular weight excluding hydrogens is 294 g/mol. The molecule has 7 heteroatoms. The predicted octanol–water partition coefficient (Wildman–Crippen LogP) is 3.21. The van der Waals surface area contributed by atoms with Gasteiger partial charge in [-0.25, -0.2) is 4.79 Å². The minimum absolute atomic E-state index is 0.0162. The van der Waals surface area contributed by atoms with Gasteiger partial charge < -0.3 is 20.5 Å². The molecule has 0 bridgehead atoms. The first-order valence-corrected chi connectivity index (χ1v) is 7.03. The van der Waals surface area contributed by atoms with Crippen molar-refractivity contribution in [3.63, 3.8) is 0 Å². The smallest absolute Gasteiger partial charge is 0.387 e. The molecule has 0 atom stereocenters. The highest BCUT2D eigenvalue weighted by molar-refractivity contribution is 5.89. The summed E-state index contributed by atoms with van der Waals surface area (Å²) in [6.07, 6.45) is 1.51. The van der Waals surface area contributed by atoms with Crippen molar-refractivity contribution < 1.29 is 23.4 Å². The van der Waals surface area contributed by atoms with Gasteiger partial charge in [0.2, 0.25) is 0 Å². The summed E-state index contributed by atoms with van der Waals surface area (Å²) in [6, 6.07) is 5.37. The van der Waals surface area contributed by atoms with Crippen LogP contribution in [0.4, 0.5) is 19.3 Å². The van der Waals surface area contributed by atoms with Gasteiger partial charge in [-0.2, -0.15) is 8.78 Å². The third kappa shape index (κ3) is 7.21. The van der Waals surface area contributed by atoms with Crippen LogP contribution in [0.2, 0.25) is 0 Å². The predicted molar refractivity (Wildman–Crippen MR) is 80.2 cm³/mol. The average Bonchev–Trinajstić information content (AvgIpc) is 2.43. The van der Waals surface area contributed by atoms with Gasteiger partial charge >= 0.3 is 12.6 Å². The highest BCUT2D eigenvalue weighted by Gasteiger charge is 2.15. The molecule has 0 saturated carbocycles. The second-order valence-corrected chi connectivity index (χ2v) is 5.71. The third-order valence-electron chi connectivity index (χ3n) is 3.06. The lowest BCUT2D eigenvalue weighted by Crippen LogP contribution is -2.30. The minimum atomic E-state index is -2.90. The molecule has 3 N–H and O–H groups in total. The van der Waals surface area contributed by atoms with Crippen LogP contribution in [0, 0.1) is 5.41 Å². The summed E-state index contributed by atoms with van der Waals surface area (Å²) in [7, 11) is 0. The van der Waals surface area contributed by atoms with Crippen LogP contribution >= 0.6 is 0 Å². The molecule has 0 aliphatic carbocycles. The Labute approximate surface area is 128 Å². The van der Waals surface area contributed by atoms with E-state index in [1.807, 2.05) is 13.8 Å². The van der Waals surface area contributed by atoms with Crippen molar-refractivity contribution in [2.75, 3.05) is 18.5 Å². The first kappa shape index (κ1) is 18.2. The zero-order valence-corrected chi connectivity index (χ0v) is 12.7. The Balaban J connectivity index is 2.36. The zero-order valence-electron chi connectivity index (χ0n) is 12.7. The lowest BCUT2D eigenvalue weighted by molar-refractivity contribution is -0.0497. The molecular formula is C15H22F2N2O3. The monoisotopic (exact) mass is 316 g/mol. The van der Waals surface area contributed by atoms with Gasteiger partial charge in [0.05, 0.1) is 0 Å². The summed E-state index contributed by atoms with van der Waals surface area (Å²) in [6.45, 7) is 1.54. The van der Waals surface area contributed by atoms with Gasteiger partial charge in [-0.3, -0.25) is 0 Å². The van der Waals surface area contributed by atoms with E-state index in [1.165, 1.54) is 18.2 Å². The van der Waals surface area contributed by atoms with Gasteiger partial charge in [0.1, 0.15) is 5.75 Å². The largest absolute Gasteiger partial charge is 0.435 e. The molecule has 0 aromatic heterocycles. The number of nitrogens with one attached hydrogen (secondary N) is 2. The molecule has 0 heterocycles. The van der Waals surface area contributed by atoms with Crippen molar-refractivity contribution >= 4 is 11.7 Å². The number of ether oxygens (including phenoxy) is 1. The number of alkyl halides is 2. The van der Waals surface area contributed by atoms with Crippen molar-refractivity contribution in [3.8, 4) is 5.75 Å². The number of anilines is 1. The summed E-state index contributed by atoms with van der Waals surface area (Å²) in [5.41, 5.74) is 0.199. The van der Waals surface area contributed by atoms with Crippen LogP contribution in [0.25, 0.3) is 0 Å². The van der Waals surface area contributed by atoms with E-state index in [9.17, 15) is 13.6 Å². The number of hydrogen-bond donors (Lipinski definition) is 3. The van der Waals surface area contributed by atoms with Crippen molar-refractivity contribution in [3.05, 3.63) is 24.3 Å². The molecule has 1 rings (SSSR count). The first-order valence-electron chi connectivity index (χ1n) is 7.03. The molecule has 124 valence electrons. The highest BCUT2D eigenvalue weighted by Crippen LogP contribution is 2.21. The normalized spacial score (nSPS) is 11.4. The maximum absolute atomic E-state index is 12.1. The minimum Gasteiger partial charge on any atom is -0.435 e. The van der Waals surface area contributed by atoms with Crippen LogP contribution in [0.15, 0.2) is 24.3 Å². The molecule has 5 nitrogen and oxygen atoms in total. The van der Waals surface area contributed by atoms with Gasteiger partial charge in [0.25, 0.3) is 0 Å². The molecule has 1 aromatic rings. The van der Waals surface area contributed by atoms with Crippen molar-refractivity contribution in [1.82, 2.24) is 5.32 Å². The molecule has 0 saturated heterocycles. The Kier molecular flexibility index (Phi) is 7.04. The molecule has 0 unspecified atom stereocenters. The summed E-state index contributed by atoms with van der Waals surface area (Å²) >= 11 is 0. The van der Waals surface area contributed by atoms with E-state index >= 15 is 0 Å². The number of hydrogen-bond acceptors (Lipinski definition) is 3. The Morgan fingerprint density at radius 3 is 2.77 bits per heavy atom. The van der Waals surface area contributed by atoms with Gasteiger partial charge in [-0.05, 0) is 30.4 Å². The maximum Gasteiger partial charge on any atom is 0.387 e. The van der Waals surface area contributed by atoms with Crippen molar-refractivity contribution in [2.45, 2.75) is 33.3 Å². The standard InChI is InChI=1S/C15H22F2N2O3/c1-15(2,10-20)7-4-8-18-14(21)19-11-5-3-6-12(9-11)22-13(16)17/h3,5-6,9,13,20H,4,7-8,10H2,1-2H3,(H2,18,19,21). The molecule has 1 aromatic carbocycles. The maximum atomic E-state index is 12.1. The van der Waals surface area contributed by atoms with Crippen LogP contribution < -0.4 is 15.4 Å². The molecule has 0 spiro atoms. The van der Waals surface area contributed by atoms with Crippen molar-refractivity contribution in [2.24, 2.45) is 5.41 Å². The number of rotatable bonds is 8. The van der Waals surface area contributed by atoms with Crippen molar-refractivity contribution in [1.29, 1.82) is 0 Å². The summed E-state index contributed by atoms with van der Waals surface area (Å²) in [5.74, 6) is -0.0162. The first-order chi connectivity index (χ1) is 10.3. The number of halogens is 2. The lowest BCUT2D eigenvalue weighted by Gasteiger charge is -2.21.